The van der Waals surface area contributed by atoms with Gasteiger partial charge in [0.25, 0.3) is 0 Å². The number of amides is 1. The van der Waals surface area contributed by atoms with Crippen molar-refractivity contribution in [1.29, 1.82) is 0 Å². The lowest BCUT2D eigenvalue weighted by molar-refractivity contribution is -0.132. The molecule has 6 heteroatoms. The van der Waals surface area contributed by atoms with Gasteiger partial charge in [0, 0.05) is 13.1 Å². The van der Waals surface area contributed by atoms with Crippen molar-refractivity contribution in [2.75, 3.05) is 18.8 Å². The van der Waals surface area contributed by atoms with E-state index < -0.39 is 5.76 Å². The SMILES string of the molecule is Nc1cccc2oc(=O)n(CC(=O)N3CCCCC3)c12. The molecule has 0 radical (unpaired) electrons. The van der Waals surface area contributed by atoms with Crippen molar-refractivity contribution in [1.82, 2.24) is 9.47 Å². The zero-order chi connectivity index (χ0) is 14.1. The first-order valence-corrected chi connectivity index (χ1v) is 6.82. The van der Waals surface area contributed by atoms with Crippen LogP contribution in [0, 0.1) is 0 Å². The lowest BCUT2D eigenvalue weighted by Crippen LogP contribution is -2.39. The highest BCUT2D eigenvalue weighted by molar-refractivity contribution is 5.87. The zero-order valence-corrected chi connectivity index (χ0v) is 11.2. The van der Waals surface area contributed by atoms with Crippen LogP contribution >= 0.6 is 0 Å². The Morgan fingerprint density at radius 3 is 2.75 bits per heavy atom. The van der Waals surface area contributed by atoms with Gasteiger partial charge in [-0.1, -0.05) is 6.07 Å². The minimum absolute atomic E-state index is 0.0138. The van der Waals surface area contributed by atoms with Crippen LogP contribution < -0.4 is 11.5 Å². The second-order valence-electron chi connectivity index (χ2n) is 5.09. The molecule has 1 aliphatic rings. The van der Waals surface area contributed by atoms with Crippen LogP contribution in [-0.2, 0) is 11.3 Å². The first-order valence-electron chi connectivity index (χ1n) is 6.82. The third-order valence-electron chi connectivity index (χ3n) is 3.72. The highest BCUT2D eigenvalue weighted by Gasteiger charge is 2.20. The number of piperidine rings is 1. The van der Waals surface area contributed by atoms with Crippen molar-refractivity contribution in [3.63, 3.8) is 0 Å². The molecule has 1 saturated heterocycles. The minimum Gasteiger partial charge on any atom is -0.408 e. The zero-order valence-electron chi connectivity index (χ0n) is 11.2. The summed E-state index contributed by atoms with van der Waals surface area (Å²) in [7, 11) is 0. The quantitative estimate of drug-likeness (QED) is 0.835. The molecule has 0 saturated carbocycles. The summed E-state index contributed by atoms with van der Waals surface area (Å²) in [5, 5.41) is 0. The normalized spacial score (nSPS) is 15.7. The molecule has 1 fully saturated rings. The number of benzene rings is 1. The minimum atomic E-state index is -0.539. The number of para-hydroxylation sites is 1. The Kier molecular flexibility index (Phi) is 3.22. The van der Waals surface area contributed by atoms with Gasteiger partial charge in [-0.05, 0) is 31.4 Å². The fourth-order valence-electron chi connectivity index (χ4n) is 2.67. The van der Waals surface area contributed by atoms with E-state index in [0.717, 1.165) is 32.4 Å². The lowest BCUT2D eigenvalue weighted by atomic mass is 10.1. The van der Waals surface area contributed by atoms with E-state index in [2.05, 4.69) is 0 Å². The molecular weight excluding hydrogens is 258 g/mol. The number of hydrogen-bond donors (Lipinski definition) is 1. The second kappa shape index (κ2) is 5.03. The fourth-order valence-corrected chi connectivity index (χ4v) is 2.67. The number of aromatic nitrogens is 1. The predicted molar refractivity (Wildman–Crippen MR) is 75.3 cm³/mol. The number of hydrogen-bond acceptors (Lipinski definition) is 4. The fraction of sp³-hybridized carbons (Fsp3) is 0.429. The Morgan fingerprint density at radius 2 is 2.00 bits per heavy atom. The summed E-state index contributed by atoms with van der Waals surface area (Å²) in [5.41, 5.74) is 7.24. The Balaban J connectivity index is 1.92. The molecule has 6 nitrogen and oxygen atoms in total. The highest BCUT2D eigenvalue weighted by atomic mass is 16.4. The molecule has 1 aliphatic heterocycles. The molecule has 2 heterocycles. The molecule has 1 aromatic heterocycles. The molecular formula is C14H17N3O3. The predicted octanol–water partition coefficient (Wildman–Crippen LogP) is 1.19. The van der Waals surface area contributed by atoms with Crippen LogP contribution in [0.1, 0.15) is 19.3 Å². The van der Waals surface area contributed by atoms with Gasteiger partial charge in [0.1, 0.15) is 12.1 Å². The average molecular weight is 275 g/mol. The van der Waals surface area contributed by atoms with Gasteiger partial charge in [-0.3, -0.25) is 9.36 Å². The van der Waals surface area contributed by atoms with Crippen molar-refractivity contribution < 1.29 is 9.21 Å². The Hall–Kier alpha value is -2.24. The maximum Gasteiger partial charge on any atom is 0.420 e. The maximum absolute atomic E-state index is 12.3. The van der Waals surface area contributed by atoms with E-state index in [9.17, 15) is 9.59 Å². The maximum atomic E-state index is 12.3. The third kappa shape index (κ3) is 2.17. The Labute approximate surface area is 115 Å². The summed E-state index contributed by atoms with van der Waals surface area (Å²) < 4.78 is 6.45. The van der Waals surface area contributed by atoms with Crippen LogP contribution in [0.4, 0.5) is 5.69 Å². The molecule has 1 amide bonds. The van der Waals surface area contributed by atoms with Crippen molar-refractivity contribution in [3.8, 4) is 0 Å². The van der Waals surface area contributed by atoms with Crippen LogP contribution in [0.25, 0.3) is 11.1 Å². The van der Waals surface area contributed by atoms with Crippen molar-refractivity contribution in [2.24, 2.45) is 0 Å². The van der Waals surface area contributed by atoms with E-state index in [1.54, 1.807) is 23.1 Å². The topological polar surface area (TPSA) is 81.5 Å². The van der Waals surface area contributed by atoms with Gasteiger partial charge in [-0.15, -0.1) is 0 Å². The van der Waals surface area contributed by atoms with Gasteiger partial charge in [-0.2, -0.15) is 0 Å². The molecule has 2 N–H and O–H groups in total. The van der Waals surface area contributed by atoms with Gasteiger partial charge >= 0.3 is 5.76 Å². The largest absolute Gasteiger partial charge is 0.420 e. The molecule has 0 aliphatic carbocycles. The standard InChI is InChI=1S/C14H17N3O3/c15-10-5-4-6-11-13(10)17(14(19)20-11)9-12(18)16-7-2-1-3-8-16/h4-6H,1-3,7-9,15H2. The summed E-state index contributed by atoms with van der Waals surface area (Å²) in [5.74, 6) is -0.596. The third-order valence-corrected chi connectivity index (χ3v) is 3.72. The number of likely N-dealkylation sites (tertiary alicyclic amines) is 1. The number of carbonyl (C=O) groups is 1. The number of oxazole rings is 1. The summed E-state index contributed by atoms with van der Waals surface area (Å²) in [6.07, 6.45) is 3.20. The van der Waals surface area contributed by atoms with E-state index in [4.69, 9.17) is 10.2 Å². The van der Waals surface area contributed by atoms with Gasteiger partial charge < -0.3 is 15.1 Å². The Bertz CT molecular complexity index is 695. The molecule has 0 atom stereocenters. The molecule has 0 spiro atoms. The van der Waals surface area contributed by atoms with Crippen LogP contribution in [0.3, 0.4) is 0 Å². The van der Waals surface area contributed by atoms with Gasteiger partial charge in [-0.25, -0.2) is 4.79 Å². The van der Waals surface area contributed by atoms with Gasteiger partial charge in [0.15, 0.2) is 5.58 Å². The number of nitrogens with zero attached hydrogens (tertiary/aromatic N) is 2. The number of fused-ring (bicyclic) bond motifs is 1. The molecule has 3 rings (SSSR count). The van der Waals surface area contributed by atoms with Crippen molar-refractivity contribution in [3.05, 3.63) is 28.7 Å². The van der Waals surface area contributed by atoms with E-state index in [1.807, 2.05) is 0 Å². The van der Waals surface area contributed by atoms with Crippen LogP contribution in [0.15, 0.2) is 27.4 Å². The first-order chi connectivity index (χ1) is 9.66. The molecule has 20 heavy (non-hydrogen) atoms. The molecule has 1 aromatic carbocycles. The van der Waals surface area contributed by atoms with E-state index in [-0.39, 0.29) is 12.5 Å². The van der Waals surface area contributed by atoms with Crippen LogP contribution in [0.5, 0.6) is 0 Å². The van der Waals surface area contributed by atoms with E-state index in [0.29, 0.717) is 16.8 Å². The second-order valence-corrected chi connectivity index (χ2v) is 5.09. The summed E-state index contributed by atoms with van der Waals surface area (Å²) in [4.78, 5) is 25.9. The number of nitrogens with two attached hydrogens (primary N) is 1. The summed E-state index contributed by atoms with van der Waals surface area (Å²) in [6.45, 7) is 1.51. The summed E-state index contributed by atoms with van der Waals surface area (Å²) in [6, 6.07) is 5.09. The van der Waals surface area contributed by atoms with Crippen LogP contribution in [0.2, 0.25) is 0 Å². The van der Waals surface area contributed by atoms with Crippen LogP contribution in [-0.4, -0.2) is 28.5 Å². The van der Waals surface area contributed by atoms with Crippen molar-refractivity contribution in [2.45, 2.75) is 25.8 Å². The molecule has 0 unspecified atom stereocenters. The summed E-state index contributed by atoms with van der Waals surface area (Å²) >= 11 is 0. The van der Waals surface area contributed by atoms with E-state index >= 15 is 0 Å². The number of rotatable bonds is 2. The number of nitrogen functional groups attached to an aromatic ring is 1. The molecule has 0 bridgehead atoms. The van der Waals surface area contributed by atoms with Gasteiger partial charge in [0.05, 0.1) is 5.69 Å². The molecule has 2 aromatic rings. The monoisotopic (exact) mass is 275 g/mol. The lowest BCUT2D eigenvalue weighted by Gasteiger charge is -2.26. The Morgan fingerprint density at radius 1 is 1.25 bits per heavy atom. The number of anilines is 1. The van der Waals surface area contributed by atoms with E-state index in [1.165, 1.54) is 4.57 Å². The highest BCUT2D eigenvalue weighted by Crippen LogP contribution is 2.20. The smallest absolute Gasteiger partial charge is 0.408 e. The molecule has 106 valence electrons. The average Bonchev–Trinajstić information content (AvgIpc) is 2.77. The number of carbonyl (C=O) groups excluding carboxylic acids is 1. The van der Waals surface area contributed by atoms with Crippen molar-refractivity contribution >= 4 is 22.7 Å². The van der Waals surface area contributed by atoms with Gasteiger partial charge in [0.2, 0.25) is 5.91 Å². The first kappa shape index (κ1) is 12.8.